The summed E-state index contributed by atoms with van der Waals surface area (Å²) in [6, 6.07) is 55.5. The first kappa shape index (κ1) is 26.6. The van der Waals surface area contributed by atoms with Crippen LogP contribution in [0, 0.1) is 0 Å². The molecule has 0 saturated carbocycles. The largest absolute Gasteiger partial charge is 0.458 e. The second kappa shape index (κ2) is 10.0. The monoisotopic (exact) mass is 627 g/mol. The van der Waals surface area contributed by atoms with E-state index in [0.29, 0.717) is 0 Å². The predicted octanol–water partition coefficient (Wildman–Crippen LogP) is 10.1. The van der Waals surface area contributed by atoms with Crippen LogP contribution in [0.25, 0.3) is 43.5 Å². The molecule has 0 N–H and O–H groups in total. The molecule has 228 valence electrons. The molecule has 0 fully saturated rings. The number of para-hydroxylation sites is 2. The van der Waals surface area contributed by atoms with Gasteiger partial charge in [-0.1, -0.05) is 78.9 Å². The van der Waals surface area contributed by atoms with E-state index in [4.69, 9.17) is 13.9 Å². The fourth-order valence-corrected chi connectivity index (χ4v) is 7.86. The third kappa shape index (κ3) is 3.99. The summed E-state index contributed by atoms with van der Waals surface area (Å²) in [7, 11) is 0. The number of fused-ring (bicyclic) bond motifs is 9. The van der Waals surface area contributed by atoms with Crippen molar-refractivity contribution in [3.8, 4) is 23.0 Å². The molecule has 5 heteroatoms. The van der Waals surface area contributed by atoms with Gasteiger partial charge in [0.05, 0.1) is 0 Å². The number of benzene rings is 8. The van der Waals surface area contributed by atoms with Crippen molar-refractivity contribution in [1.82, 2.24) is 0 Å². The van der Waals surface area contributed by atoms with Gasteiger partial charge in [-0.15, -0.1) is 0 Å². The van der Waals surface area contributed by atoms with Gasteiger partial charge in [0.25, 0.3) is 6.71 Å². The van der Waals surface area contributed by atoms with Crippen LogP contribution < -0.4 is 30.8 Å². The SMILES string of the molecule is c1ccc(N(c2ccc3ccccc3c2)c2ccc3cc4c(cc3c2)oc2cc3c(cc24)Oc2cccc4c2B3c2ccccc2O4)cc1. The molecule has 8 aromatic carbocycles. The fraction of sp³-hybridized carbons (Fsp3) is 0. The van der Waals surface area contributed by atoms with E-state index >= 15 is 0 Å². The molecule has 0 unspecified atom stereocenters. The molecule has 4 nitrogen and oxygen atoms in total. The Hall–Kier alpha value is -6.46. The summed E-state index contributed by atoms with van der Waals surface area (Å²) in [6.45, 7) is -0.00165. The molecule has 49 heavy (non-hydrogen) atoms. The fourth-order valence-electron chi connectivity index (χ4n) is 7.86. The first-order valence-electron chi connectivity index (χ1n) is 16.6. The summed E-state index contributed by atoms with van der Waals surface area (Å²) in [5, 5.41) is 6.81. The molecule has 0 saturated heterocycles. The van der Waals surface area contributed by atoms with Crippen LogP contribution in [0.5, 0.6) is 23.0 Å². The van der Waals surface area contributed by atoms with Crippen LogP contribution in [0.15, 0.2) is 162 Å². The molecule has 0 spiro atoms. The van der Waals surface area contributed by atoms with Crippen molar-refractivity contribution in [3.05, 3.63) is 158 Å². The first-order valence-corrected chi connectivity index (χ1v) is 16.6. The normalized spacial score (nSPS) is 12.8. The molecule has 3 heterocycles. The number of ether oxygens (including phenoxy) is 2. The van der Waals surface area contributed by atoms with Crippen molar-refractivity contribution < 1.29 is 13.9 Å². The third-order valence-corrected chi connectivity index (χ3v) is 10.1. The van der Waals surface area contributed by atoms with E-state index in [1.807, 2.05) is 30.3 Å². The Morgan fingerprint density at radius 2 is 1.02 bits per heavy atom. The van der Waals surface area contributed by atoms with Gasteiger partial charge in [0.15, 0.2) is 0 Å². The van der Waals surface area contributed by atoms with E-state index in [1.165, 1.54) is 10.8 Å². The number of hydrogen-bond acceptors (Lipinski definition) is 4. The van der Waals surface area contributed by atoms with E-state index in [2.05, 4.69) is 132 Å². The number of anilines is 3. The van der Waals surface area contributed by atoms with Crippen LogP contribution in [-0.2, 0) is 0 Å². The maximum atomic E-state index is 6.66. The topological polar surface area (TPSA) is 34.8 Å². The van der Waals surface area contributed by atoms with E-state index in [0.717, 1.165) is 89.2 Å². The van der Waals surface area contributed by atoms with Crippen LogP contribution in [0.1, 0.15) is 0 Å². The van der Waals surface area contributed by atoms with Crippen molar-refractivity contribution in [2.24, 2.45) is 0 Å². The van der Waals surface area contributed by atoms with Crippen LogP contribution in [0.3, 0.4) is 0 Å². The van der Waals surface area contributed by atoms with Crippen LogP contribution in [-0.4, -0.2) is 6.71 Å². The third-order valence-electron chi connectivity index (χ3n) is 10.1. The van der Waals surface area contributed by atoms with E-state index in [-0.39, 0.29) is 6.71 Å². The summed E-state index contributed by atoms with van der Waals surface area (Å²) < 4.78 is 19.6. The van der Waals surface area contributed by atoms with Gasteiger partial charge >= 0.3 is 0 Å². The molecule has 2 aliphatic rings. The van der Waals surface area contributed by atoms with Crippen LogP contribution in [0.2, 0.25) is 0 Å². The Balaban J connectivity index is 1.07. The minimum atomic E-state index is -0.00165. The Morgan fingerprint density at radius 3 is 1.88 bits per heavy atom. The standard InChI is InChI=1S/C44H26BNO3/c1-2-11-31(12-3-1)46(32-19-17-27-9-4-5-10-28(27)21-32)33-20-18-29-23-34-35-25-43-37(26-42(35)49-41(34)24-30(29)22-33)45-36-13-6-7-14-38(36)47-39-15-8-16-40(48-43)44(39)45/h1-26H. The van der Waals surface area contributed by atoms with E-state index in [9.17, 15) is 0 Å². The highest BCUT2D eigenvalue weighted by Crippen LogP contribution is 2.41. The highest BCUT2D eigenvalue weighted by atomic mass is 16.5. The van der Waals surface area contributed by atoms with Crippen LogP contribution in [0.4, 0.5) is 17.1 Å². The van der Waals surface area contributed by atoms with Gasteiger partial charge in [-0.05, 0) is 111 Å². The highest BCUT2D eigenvalue weighted by molar-refractivity contribution is 6.98. The van der Waals surface area contributed by atoms with Gasteiger partial charge in [0, 0.05) is 33.3 Å². The molecule has 2 aliphatic heterocycles. The molecular weight excluding hydrogens is 601 g/mol. The summed E-state index contributed by atoms with van der Waals surface area (Å²) in [6.07, 6.45) is 0. The Labute approximate surface area is 282 Å². The average Bonchev–Trinajstić information content (AvgIpc) is 3.49. The van der Waals surface area contributed by atoms with Gasteiger partial charge in [-0.2, -0.15) is 0 Å². The number of furan rings is 1. The molecular formula is C44H26BNO3. The molecule has 0 atom stereocenters. The van der Waals surface area contributed by atoms with Gasteiger partial charge in [-0.3, -0.25) is 0 Å². The Morgan fingerprint density at radius 1 is 0.388 bits per heavy atom. The number of rotatable bonds is 3. The lowest BCUT2D eigenvalue weighted by Crippen LogP contribution is -2.57. The minimum absolute atomic E-state index is 0.00165. The molecule has 0 bridgehead atoms. The van der Waals surface area contributed by atoms with Gasteiger partial charge in [0.2, 0.25) is 0 Å². The quantitative estimate of drug-likeness (QED) is 0.183. The average molecular weight is 628 g/mol. The van der Waals surface area contributed by atoms with Gasteiger partial charge in [0.1, 0.15) is 34.2 Å². The van der Waals surface area contributed by atoms with Gasteiger partial charge in [-0.25, -0.2) is 0 Å². The summed E-state index contributed by atoms with van der Waals surface area (Å²) >= 11 is 0. The van der Waals surface area contributed by atoms with Gasteiger partial charge < -0.3 is 18.8 Å². The zero-order chi connectivity index (χ0) is 32.1. The second-order valence-electron chi connectivity index (χ2n) is 12.9. The molecule has 0 radical (unpaired) electrons. The van der Waals surface area contributed by atoms with Crippen molar-refractivity contribution >= 4 is 83.6 Å². The minimum Gasteiger partial charge on any atom is -0.458 e. The van der Waals surface area contributed by atoms with E-state index < -0.39 is 0 Å². The maximum Gasteiger partial charge on any atom is 0.260 e. The second-order valence-corrected chi connectivity index (χ2v) is 12.9. The van der Waals surface area contributed by atoms with E-state index in [1.54, 1.807) is 0 Å². The zero-order valence-electron chi connectivity index (χ0n) is 26.3. The lowest BCUT2D eigenvalue weighted by molar-refractivity contribution is 0.465. The first-order chi connectivity index (χ1) is 24.2. The van der Waals surface area contributed by atoms with Crippen molar-refractivity contribution in [1.29, 1.82) is 0 Å². The molecule has 1 aromatic heterocycles. The number of nitrogens with zero attached hydrogens (tertiary/aromatic N) is 1. The van der Waals surface area contributed by atoms with Crippen molar-refractivity contribution in [3.63, 3.8) is 0 Å². The highest BCUT2D eigenvalue weighted by Gasteiger charge is 2.40. The maximum absolute atomic E-state index is 6.66. The predicted molar refractivity (Wildman–Crippen MR) is 201 cm³/mol. The zero-order valence-corrected chi connectivity index (χ0v) is 26.3. The lowest BCUT2D eigenvalue weighted by Gasteiger charge is -2.32. The Bertz CT molecular complexity index is 2810. The smallest absolute Gasteiger partial charge is 0.260 e. The summed E-state index contributed by atoms with van der Waals surface area (Å²) in [4.78, 5) is 2.32. The number of hydrogen-bond donors (Lipinski definition) is 0. The molecule has 9 aromatic rings. The Kier molecular flexibility index (Phi) is 5.44. The molecule has 0 amide bonds. The summed E-state index contributed by atoms with van der Waals surface area (Å²) in [5.74, 6) is 3.41. The lowest BCUT2D eigenvalue weighted by atomic mass is 9.35. The summed E-state index contributed by atoms with van der Waals surface area (Å²) in [5.41, 5.74) is 8.28. The van der Waals surface area contributed by atoms with Crippen molar-refractivity contribution in [2.75, 3.05) is 4.90 Å². The van der Waals surface area contributed by atoms with Crippen LogP contribution >= 0.6 is 0 Å². The molecule has 11 rings (SSSR count). The van der Waals surface area contributed by atoms with Crippen molar-refractivity contribution in [2.45, 2.75) is 0 Å². The molecule has 0 aliphatic carbocycles.